The predicted molar refractivity (Wildman–Crippen MR) is 53.1 cm³/mol. The third-order valence-electron chi connectivity index (χ3n) is 1.81. The molecule has 0 aliphatic heterocycles. The zero-order valence-corrected chi connectivity index (χ0v) is 9.46. The SMILES string of the molecule is O=C(Cl)CN(CC([N+](=O)[O-])([N+](=O)[O-])[N+](=O)[O-])[N+](=O)[O-]. The van der Waals surface area contributed by atoms with Crippen molar-refractivity contribution < 1.29 is 24.6 Å². The Balaban J connectivity index is 5.58. The van der Waals surface area contributed by atoms with Crippen molar-refractivity contribution in [2.24, 2.45) is 0 Å². The molecule has 0 fully saturated rings. The average Bonchev–Trinajstić information content (AvgIpc) is 2.21. The number of halogens is 1. The molecule has 0 heterocycles. The van der Waals surface area contributed by atoms with Crippen LogP contribution in [0.5, 0.6) is 0 Å². The van der Waals surface area contributed by atoms with E-state index < -0.39 is 43.9 Å². The topological polar surface area (TPSA) is 193 Å². The Morgan fingerprint density at radius 2 is 1.37 bits per heavy atom. The van der Waals surface area contributed by atoms with Gasteiger partial charge in [-0.25, -0.2) is 10.1 Å². The lowest BCUT2D eigenvalue weighted by atomic mass is 10.3. The number of nitro groups is 4. The molecular formula is C4H4ClN5O9. The van der Waals surface area contributed by atoms with Crippen LogP contribution in [0, 0.1) is 40.5 Å². The highest BCUT2D eigenvalue weighted by molar-refractivity contribution is 6.64. The normalized spacial score (nSPS) is 10.6. The second-order valence-electron chi connectivity index (χ2n) is 2.96. The molecule has 14 nitrogen and oxygen atoms in total. The third kappa shape index (κ3) is 3.41. The maximum Gasteiger partial charge on any atom is 0.723 e. The lowest BCUT2D eigenvalue weighted by molar-refractivity contribution is -0.973. The van der Waals surface area contributed by atoms with Crippen LogP contribution in [0.25, 0.3) is 0 Å². The van der Waals surface area contributed by atoms with E-state index in [0.29, 0.717) is 0 Å². The summed E-state index contributed by atoms with van der Waals surface area (Å²) in [5.41, 5.74) is 0. The maximum atomic E-state index is 10.5. The zero-order valence-electron chi connectivity index (χ0n) is 8.70. The van der Waals surface area contributed by atoms with Gasteiger partial charge < -0.3 is 0 Å². The molecule has 0 N–H and O–H groups in total. The minimum atomic E-state index is -4.07. The molecule has 106 valence electrons. The van der Waals surface area contributed by atoms with Gasteiger partial charge in [-0.15, -0.1) is 0 Å². The Hall–Kier alpha value is -2.64. The largest absolute Gasteiger partial charge is 0.723 e. The van der Waals surface area contributed by atoms with Crippen LogP contribution in [-0.2, 0) is 4.79 Å². The van der Waals surface area contributed by atoms with Crippen molar-refractivity contribution in [2.75, 3.05) is 13.1 Å². The fraction of sp³-hybridized carbons (Fsp3) is 0.750. The summed E-state index contributed by atoms with van der Waals surface area (Å²) in [5, 5.41) is 38.7. The van der Waals surface area contributed by atoms with Gasteiger partial charge in [0.05, 0.1) is 0 Å². The van der Waals surface area contributed by atoms with Crippen molar-refractivity contribution in [3.8, 4) is 0 Å². The van der Waals surface area contributed by atoms with E-state index in [1.807, 2.05) is 0 Å². The van der Waals surface area contributed by atoms with Crippen molar-refractivity contribution in [1.82, 2.24) is 5.01 Å². The van der Waals surface area contributed by atoms with Crippen LogP contribution in [0.4, 0.5) is 0 Å². The summed E-state index contributed by atoms with van der Waals surface area (Å²) in [6.07, 6.45) is 0. The molecule has 0 saturated carbocycles. The maximum absolute atomic E-state index is 10.5. The molecule has 0 bridgehead atoms. The second kappa shape index (κ2) is 5.80. The highest BCUT2D eigenvalue weighted by Crippen LogP contribution is 2.15. The number of nitrogens with zero attached hydrogens (tertiary/aromatic N) is 5. The van der Waals surface area contributed by atoms with Gasteiger partial charge in [0, 0.05) is 0 Å². The monoisotopic (exact) mass is 301 g/mol. The molecule has 0 amide bonds. The summed E-state index contributed by atoms with van der Waals surface area (Å²) in [5.74, 6) is -4.07. The van der Waals surface area contributed by atoms with E-state index in [1.165, 1.54) is 0 Å². The summed E-state index contributed by atoms with van der Waals surface area (Å²) in [6, 6.07) is 0. The average molecular weight is 302 g/mol. The van der Waals surface area contributed by atoms with Crippen molar-refractivity contribution in [3.63, 3.8) is 0 Å². The van der Waals surface area contributed by atoms with Crippen LogP contribution >= 0.6 is 11.6 Å². The Morgan fingerprint density at radius 3 is 1.58 bits per heavy atom. The molecule has 0 aliphatic carbocycles. The first-order chi connectivity index (χ1) is 8.55. The summed E-state index contributed by atoms with van der Waals surface area (Å²) in [7, 11) is 0. The van der Waals surface area contributed by atoms with Gasteiger partial charge in [0.15, 0.2) is 26.3 Å². The van der Waals surface area contributed by atoms with Gasteiger partial charge in [0.1, 0.15) is 0 Å². The van der Waals surface area contributed by atoms with Crippen molar-refractivity contribution >= 4 is 16.8 Å². The quantitative estimate of drug-likeness (QED) is 0.225. The Morgan fingerprint density at radius 1 is 1.00 bits per heavy atom. The van der Waals surface area contributed by atoms with Crippen molar-refractivity contribution in [2.45, 2.75) is 5.79 Å². The highest BCUT2D eigenvalue weighted by Gasteiger charge is 2.73. The molecule has 15 heteroatoms. The summed E-state index contributed by atoms with van der Waals surface area (Å²) >= 11 is 4.79. The van der Waals surface area contributed by atoms with Gasteiger partial charge in [0.25, 0.3) is 6.54 Å². The Bertz CT molecular complexity index is 414. The fourth-order valence-electron chi connectivity index (χ4n) is 0.933. The molecule has 0 aromatic rings. The van der Waals surface area contributed by atoms with E-state index in [0.717, 1.165) is 0 Å². The van der Waals surface area contributed by atoms with Gasteiger partial charge >= 0.3 is 5.79 Å². The van der Waals surface area contributed by atoms with Crippen LogP contribution in [0.2, 0.25) is 0 Å². The van der Waals surface area contributed by atoms with Gasteiger partial charge in [-0.2, -0.15) is 0 Å². The molecular weight excluding hydrogens is 298 g/mol. The Kier molecular flexibility index (Phi) is 5.00. The number of carbonyl (C=O) groups excluding carboxylic acids is 1. The molecule has 0 spiro atoms. The van der Waals surface area contributed by atoms with E-state index >= 15 is 0 Å². The smallest absolute Gasteiger partial charge is 0.279 e. The molecule has 0 rings (SSSR count). The van der Waals surface area contributed by atoms with Gasteiger partial charge in [-0.1, -0.05) is 5.01 Å². The first kappa shape index (κ1) is 16.4. The first-order valence-corrected chi connectivity index (χ1v) is 4.44. The summed E-state index contributed by atoms with van der Waals surface area (Å²) in [6.45, 7) is -3.14. The minimum absolute atomic E-state index is 0.385. The number of hydrogen-bond donors (Lipinski definition) is 0. The molecule has 0 aromatic heterocycles. The van der Waals surface area contributed by atoms with Gasteiger partial charge in [0.2, 0.25) is 5.24 Å². The molecule has 0 aliphatic rings. The molecule has 0 saturated heterocycles. The fourth-order valence-corrected chi connectivity index (χ4v) is 1.07. The van der Waals surface area contributed by atoms with E-state index in [1.54, 1.807) is 0 Å². The van der Waals surface area contributed by atoms with E-state index in [-0.39, 0.29) is 5.01 Å². The van der Waals surface area contributed by atoms with E-state index in [9.17, 15) is 45.3 Å². The lowest BCUT2D eigenvalue weighted by Crippen LogP contribution is -2.61. The summed E-state index contributed by atoms with van der Waals surface area (Å²) in [4.78, 5) is 46.7. The van der Waals surface area contributed by atoms with Gasteiger partial charge in [-0.3, -0.25) is 35.1 Å². The second-order valence-corrected chi connectivity index (χ2v) is 3.38. The van der Waals surface area contributed by atoms with E-state index in [2.05, 4.69) is 0 Å². The van der Waals surface area contributed by atoms with Crippen molar-refractivity contribution in [1.29, 1.82) is 0 Å². The van der Waals surface area contributed by atoms with Crippen LogP contribution in [0.3, 0.4) is 0 Å². The Labute approximate surface area is 107 Å². The highest BCUT2D eigenvalue weighted by atomic mass is 35.5. The molecule has 0 aromatic carbocycles. The molecule has 0 atom stereocenters. The zero-order chi connectivity index (χ0) is 15.4. The minimum Gasteiger partial charge on any atom is -0.279 e. The van der Waals surface area contributed by atoms with Crippen LogP contribution in [0.15, 0.2) is 0 Å². The summed E-state index contributed by atoms with van der Waals surface area (Å²) < 4.78 is 0. The molecule has 19 heavy (non-hydrogen) atoms. The standard InChI is InChI=1S/C4H4ClN5O9/c5-3(11)1-6(10(18)19)2-4(7(12)13,8(14)15)9(16)17/h1-2H2. The number of hydrogen-bond acceptors (Lipinski definition) is 9. The van der Waals surface area contributed by atoms with Crippen LogP contribution in [0.1, 0.15) is 0 Å². The number of carbonyl (C=O) groups is 1. The van der Waals surface area contributed by atoms with Gasteiger partial charge in [-0.05, 0) is 11.6 Å². The van der Waals surface area contributed by atoms with Crippen LogP contribution < -0.4 is 0 Å². The predicted octanol–water partition coefficient (Wildman–Crippen LogP) is -1.27. The lowest BCUT2D eigenvalue weighted by Gasteiger charge is -2.13. The molecule has 0 unspecified atom stereocenters. The number of rotatable bonds is 8. The molecule has 0 radical (unpaired) electrons. The van der Waals surface area contributed by atoms with Crippen molar-refractivity contribution in [3.05, 3.63) is 40.5 Å². The van der Waals surface area contributed by atoms with E-state index in [4.69, 9.17) is 11.6 Å². The first-order valence-electron chi connectivity index (χ1n) is 4.06. The third-order valence-corrected chi connectivity index (χ3v) is 1.93. The van der Waals surface area contributed by atoms with Crippen LogP contribution in [-0.4, -0.2) is 48.9 Å². The number of hydrazine groups is 1.